The van der Waals surface area contributed by atoms with Crippen LogP contribution in [0.1, 0.15) is 47.6 Å². The number of piperidine rings is 1. The summed E-state index contributed by atoms with van der Waals surface area (Å²) in [5.74, 6) is 1.44. The number of thiophene rings is 1. The minimum atomic E-state index is -0.123. The topological polar surface area (TPSA) is 86.2 Å². The minimum absolute atomic E-state index is 0.0847. The van der Waals surface area contributed by atoms with Gasteiger partial charge in [-0.15, -0.1) is 11.3 Å². The Hall–Kier alpha value is -3.46. The number of benzene rings is 1. The summed E-state index contributed by atoms with van der Waals surface area (Å²) in [6.45, 7) is 4.18. The number of rotatable bonds is 6. The van der Waals surface area contributed by atoms with Gasteiger partial charge in [-0.1, -0.05) is 41.6 Å². The van der Waals surface area contributed by atoms with Crippen LogP contribution in [0.25, 0.3) is 10.6 Å². The first kappa shape index (κ1) is 21.4. The van der Waals surface area contributed by atoms with Crippen LogP contribution in [0.2, 0.25) is 0 Å². The molecule has 4 aromatic rings. The summed E-state index contributed by atoms with van der Waals surface area (Å²) in [7, 11) is 0. The highest BCUT2D eigenvalue weighted by atomic mass is 32.1. The standard InChI is InChI=1S/C24H25N5O3S/c1-2-28-22(25-29(24(28)31)16-17-7-4-3-5-8-17)18-10-12-27(13-11-18)23(30)19-15-20(32-26-19)21-9-6-14-33-21/h3-9,14-15,18H,2,10-13,16H2,1H3. The Morgan fingerprint density at radius 1 is 1.15 bits per heavy atom. The fourth-order valence-corrected chi connectivity index (χ4v) is 5.00. The molecule has 1 amide bonds. The van der Waals surface area contributed by atoms with Crippen molar-refractivity contribution >= 4 is 17.2 Å². The van der Waals surface area contributed by atoms with Crippen molar-refractivity contribution in [2.75, 3.05) is 13.1 Å². The van der Waals surface area contributed by atoms with Crippen LogP contribution in [-0.4, -0.2) is 43.4 Å². The molecule has 1 saturated heterocycles. The van der Waals surface area contributed by atoms with Crippen LogP contribution in [0, 0.1) is 0 Å². The molecule has 5 rings (SSSR count). The van der Waals surface area contributed by atoms with Gasteiger partial charge in [-0.2, -0.15) is 5.10 Å². The van der Waals surface area contributed by atoms with Crippen LogP contribution in [0.15, 0.2) is 63.2 Å². The zero-order chi connectivity index (χ0) is 22.8. The van der Waals surface area contributed by atoms with E-state index in [1.807, 2.05) is 59.7 Å². The normalized spacial score (nSPS) is 14.6. The Kier molecular flexibility index (Phi) is 5.95. The van der Waals surface area contributed by atoms with Gasteiger partial charge in [0.25, 0.3) is 5.91 Å². The molecule has 0 unspecified atom stereocenters. The molecule has 170 valence electrons. The van der Waals surface area contributed by atoms with Gasteiger partial charge in [0.1, 0.15) is 5.82 Å². The summed E-state index contributed by atoms with van der Waals surface area (Å²) in [5, 5.41) is 10.6. The van der Waals surface area contributed by atoms with E-state index < -0.39 is 0 Å². The molecule has 0 bridgehead atoms. The Morgan fingerprint density at radius 3 is 2.64 bits per heavy atom. The van der Waals surface area contributed by atoms with E-state index in [1.54, 1.807) is 26.7 Å². The van der Waals surface area contributed by atoms with Crippen molar-refractivity contribution in [1.82, 2.24) is 24.4 Å². The molecule has 1 fully saturated rings. The smallest absolute Gasteiger partial charge is 0.346 e. The van der Waals surface area contributed by atoms with Gasteiger partial charge >= 0.3 is 5.69 Å². The lowest BCUT2D eigenvalue weighted by Crippen LogP contribution is -2.38. The van der Waals surface area contributed by atoms with Gasteiger partial charge in [0, 0.05) is 31.6 Å². The highest BCUT2D eigenvalue weighted by Crippen LogP contribution is 2.29. The van der Waals surface area contributed by atoms with Crippen molar-refractivity contribution in [3.05, 3.63) is 81.5 Å². The maximum absolute atomic E-state index is 12.9. The van der Waals surface area contributed by atoms with Crippen molar-refractivity contribution in [2.24, 2.45) is 0 Å². The molecule has 0 radical (unpaired) electrons. The highest BCUT2D eigenvalue weighted by Gasteiger charge is 2.30. The average molecular weight is 464 g/mol. The van der Waals surface area contributed by atoms with Gasteiger partial charge in [0.2, 0.25) is 0 Å². The van der Waals surface area contributed by atoms with Crippen molar-refractivity contribution < 1.29 is 9.32 Å². The summed E-state index contributed by atoms with van der Waals surface area (Å²) >= 11 is 1.55. The minimum Gasteiger partial charge on any atom is -0.355 e. The summed E-state index contributed by atoms with van der Waals surface area (Å²) in [6, 6.07) is 15.5. The molecule has 1 aliphatic heterocycles. The maximum atomic E-state index is 12.9. The third kappa shape index (κ3) is 4.28. The third-order valence-electron chi connectivity index (χ3n) is 6.08. The zero-order valence-electron chi connectivity index (χ0n) is 18.4. The molecule has 0 atom stereocenters. The molecule has 3 aromatic heterocycles. The lowest BCUT2D eigenvalue weighted by molar-refractivity contribution is 0.0699. The van der Waals surface area contributed by atoms with Crippen molar-refractivity contribution in [3.63, 3.8) is 0 Å². The molecule has 0 spiro atoms. The summed E-state index contributed by atoms with van der Waals surface area (Å²) in [4.78, 5) is 28.6. The number of nitrogens with zero attached hydrogens (tertiary/aromatic N) is 5. The number of carbonyl (C=O) groups is 1. The highest BCUT2D eigenvalue weighted by molar-refractivity contribution is 7.13. The number of amides is 1. The second-order valence-corrected chi connectivity index (χ2v) is 9.10. The predicted molar refractivity (Wildman–Crippen MR) is 125 cm³/mol. The number of carbonyl (C=O) groups excluding carboxylic acids is 1. The number of likely N-dealkylation sites (tertiary alicyclic amines) is 1. The van der Waals surface area contributed by atoms with Crippen LogP contribution in [0.4, 0.5) is 0 Å². The molecule has 0 aliphatic carbocycles. The van der Waals surface area contributed by atoms with Gasteiger partial charge in [0.05, 0.1) is 11.4 Å². The van der Waals surface area contributed by atoms with Crippen LogP contribution >= 0.6 is 11.3 Å². The van der Waals surface area contributed by atoms with Crippen LogP contribution in [-0.2, 0) is 13.1 Å². The summed E-state index contributed by atoms with van der Waals surface area (Å²) in [6.07, 6.45) is 1.51. The van der Waals surface area contributed by atoms with E-state index in [0.717, 1.165) is 29.1 Å². The molecule has 8 nitrogen and oxygen atoms in total. The first-order valence-corrected chi connectivity index (χ1v) is 12.0. The third-order valence-corrected chi connectivity index (χ3v) is 6.97. The predicted octanol–water partition coefficient (Wildman–Crippen LogP) is 3.85. The molecule has 0 saturated carbocycles. The van der Waals surface area contributed by atoms with Gasteiger partial charge in [-0.3, -0.25) is 9.36 Å². The van der Waals surface area contributed by atoms with Gasteiger partial charge in [-0.25, -0.2) is 9.48 Å². The number of hydrogen-bond acceptors (Lipinski definition) is 6. The second-order valence-electron chi connectivity index (χ2n) is 8.15. The average Bonchev–Trinajstić information content (AvgIpc) is 3.60. The SMILES string of the molecule is CCn1c(C2CCN(C(=O)c3cc(-c4cccs4)on3)CC2)nn(Cc2ccccc2)c1=O. The van der Waals surface area contributed by atoms with Crippen molar-refractivity contribution in [1.29, 1.82) is 0 Å². The molecule has 9 heteroatoms. The largest absolute Gasteiger partial charge is 0.355 e. The van der Waals surface area contributed by atoms with Crippen molar-refractivity contribution in [3.8, 4) is 10.6 Å². The Morgan fingerprint density at radius 2 is 1.94 bits per heavy atom. The zero-order valence-corrected chi connectivity index (χ0v) is 19.2. The molecule has 4 heterocycles. The van der Waals surface area contributed by atoms with E-state index in [-0.39, 0.29) is 17.5 Å². The fourth-order valence-electron chi connectivity index (χ4n) is 4.33. The first-order valence-electron chi connectivity index (χ1n) is 11.2. The number of hydrogen-bond donors (Lipinski definition) is 0. The molecule has 33 heavy (non-hydrogen) atoms. The van der Waals surface area contributed by atoms with E-state index in [2.05, 4.69) is 5.16 Å². The summed E-state index contributed by atoms with van der Waals surface area (Å²) in [5.41, 5.74) is 1.29. The van der Waals surface area contributed by atoms with Crippen LogP contribution in [0.3, 0.4) is 0 Å². The Labute approximate surface area is 195 Å². The van der Waals surface area contributed by atoms with Gasteiger partial charge in [-0.05, 0) is 36.8 Å². The van der Waals surface area contributed by atoms with Crippen molar-refractivity contribution in [2.45, 2.75) is 38.8 Å². The number of aromatic nitrogens is 4. The molecule has 1 aliphatic rings. The second kappa shape index (κ2) is 9.19. The molecular formula is C24H25N5O3S. The van der Waals surface area contributed by atoms with Gasteiger partial charge < -0.3 is 9.42 Å². The lowest BCUT2D eigenvalue weighted by Gasteiger charge is -2.31. The van der Waals surface area contributed by atoms with Gasteiger partial charge in [0.15, 0.2) is 11.5 Å². The van der Waals surface area contributed by atoms with Crippen LogP contribution < -0.4 is 5.69 Å². The van der Waals surface area contributed by atoms with E-state index in [0.29, 0.717) is 37.6 Å². The van der Waals surface area contributed by atoms with E-state index in [9.17, 15) is 9.59 Å². The summed E-state index contributed by atoms with van der Waals surface area (Å²) < 4.78 is 8.68. The molecule has 1 aromatic carbocycles. The van der Waals surface area contributed by atoms with Crippen LogP contribution in [0.5, 0.6) is 0 Å². The molecular weight excluding hydrogens is 438 g/mol. The lowest BCUT2D eigenvalue weighted by atomic mass is 9.95. The molecule has 0 N–H and O–H groups in total. The first-order chi connectivity index (χ1) is 16.1. The quantitative estimate of drug-likeness (QED) is 0.434. The maximum Gasteiger partial charge on any atom is 0.346 e. The van der Waals surface area contributed by atoms with E-state index in [1.165, 1.54) is 0 Å². The Balaban J connectivity index is 1.27. The Bertz CT molecular complexity index is 1280. The fraction of sp³-hybridized carbons (Fsp3) is 0.333. The van der Waals surface area contributed by atoms with E-state index in [4.69, 9.17) is 9.62 Å². The monoisotopic (exact) mass is 463 g/mol. The van der Waals surface area contributed by atoms with E-state index >= 15 is 0 Å².